The maximum atomic E-state index is 12.1. The Morgan fingerprint density at radius 2 is 2.00 bits per heavy atom. The fourth-order valence-corrected chi connectivity index (χ4v) is 2.66. The number of methoxy groups -OCH3 is 2. The highest BCUT2D eigenvalue weighted by Gasteiger charge is 2.34. The van der Waals surface area contributed by atoms with Crippen LogP contribution in [0.5, 0.6) is 5.75 Å². The Bertz CT molecular complexity index is 556. The van der Waals surface area contributed by atoms with E-state index in [1.54, 1.807) is 19.3 Å². The average molecular weight is 293 g/mol. The number of ether oxygens (including phenoxy) is 2. The highest BCUT2D eigenvalue weighted by molar-refractivity contribution is 8.18. The Morgan fingerprint density at radius 1 is 1.25 bits per heavy atom. The molecule has 0 N–H and O–H groups in total. The minimum Gasteiger partial charge on any atom is -0.496 e. The normalized spacial score (nSPS) is 17.1. The van der Waals surface area contributed by atoms with Crippen molar-refractivity contribution in [2.45, 2.75) is 0 Å². The lowest BCUT2D eigenvalue weighted by Gasteiger charge is -2.10. The van der Waals surface area contributed by atoms with Crippen LogP contribution in [0.3, 0.4) is 0 Å². The van der Waals surface area contributed by atoms with Crippen LogP contribution in [0.25, 0.3) is 6.08 Å². The van der Waals surface area contributed by atoms with E-state index in [1.165, 1.54) is 12.0 Å². The van der Waals surface area contributed by atoms with E-state index in [1.807, 2.05) is 18.2 Å². The summed E-state index contributed by atoms with van der Waals surface area (Å²) in [6, 6.07) is 7.34. The topological polar surface area (TPSA) is 55.8 Å². The highest BCUT2D eigenvalue weighted by Crippen LogP contribution is 2.33. The Labute approximate surface area is 121 Å². The van der Waals surface area contributed by atoms with Crippen LogP contribution in [0.2, 0.25) is 0 Å². The summed E-state index contributed by atoms with van der Waals surface area (Å²) in [6.45, 7) is 0.602. The summed E-state index contributed by atoms with van der Waals surface area (Å²) in [5, 5.41) is -0.270. The van der Waals surface area contributed by atoms with Crippen molar-refractivity contribution in [2.75, 3.05) is 27.4 Å². The van der Waals surface area contributed by atoms with Gasteiger partial charge in [0.2, 0.25) is 0 Å². The minimum atomic E-state index is -0.289. The van der Waals surface area contributed by atoms with Gasteiger partial charge in [0, 0.05) is 12.7 Å². The van der Waals surface area contributed by atoms with Crippen molar-refractivity contribution < 1.29 is 19.1 Å². The van der Waals surface area contributed by atoms with Gasteiger partial charge < -0.3 is 9.47 Å². The monoisotopic (exact) mass is 293 g/mol. The third-order valence-electron chi connectivity index (χ3n) is 2.82. The fourth-order valence-electron chi connectivity index (χ4n) is 1.80. The van der Waals surface area contributed by atoms with Gasteiger partial charge in [0.25, 0.3) is 11.1 Å². The number of thioether (sulfide) groups is 1. The summed E-state index contributed by atoms with van der Waals surface area (Å²) in [4.78, 5) is 25.5. The van der Waals surface area contributed by atoms with Gasteiger partial charge in [0.1, 0.15) is 5.75 Å². The van der Waals surface area contributed by atoms with Crippen molar-refractivity contribution >= 4 is 29.0 Å². The summed E-state index contributed by atoms with van der Waals surface area (Å²) in [5.74, 6) is 0.374. The molecule has 0 radical (unpaired) electrons. The Balaban J connectivity index is 2.23. The van der Waals surface area contributed by atoms with E-state index in [0.29, 0.717) is 17.3 Å². The number of nitrogens with zero attached hydrogens (tertiary/aromatic N) is 1. The van der Waals surface area contributed by atoms with E-state index in [9.17, 15) is 9.59 Å². The largest absolute Gasteiger partial charge is 0.496 e. The first-order chi connectivity index (χ1) is 9.67. The second-order valence-corrected chi connectivity index (χ2v) is 5.06. The third-order valence-corrected chi connectivity index (χ3v) is 3.73. The van der Waals surface area contributed by atoms with E-state index >= 15 is 0 Å². The number of carbonyl (C=O) groups is 2. The molecule has 0 aromatic heterocycles. The van der Waals surface area contributed by atoms with Crippen LogP contribution in [-0.4, -0.2) is 43.4 Å². The number of amides is 2. The quantitative estimate of drug-likeness (QED) is 0.780. The Morgan fingerprint density at radius 3 is 2.70 bits per heavy atom. The van der Waals surface area contributed by atoms with Crippen LogP contribution in [0.1, 0.15) is 5.56 Å². The molecule has 1 aliphatic heterocycles. The zero-order chi connectivity index (χ0) is 14.5. The molecule has 1 aliphatic rings. The van der Waals surface area contributed by atoms with Crippen molar-refractivity contribution in [3.63, 3.8) is 0 Å². The molecule has 0 spiro atoms. The Hall–Kier alpha value is -1.79. The third kappa shape index (κ3) is 3.02. The zero-order valence-corrected chi connectivity index (χ0v) is 12.1. The zero-order valence-electron chi connectivity index (χ0n) is 11.3. The van der Waals surface area contributed by atoms with Crippen LogP contribution in [0.4, 0.5) is 4.79 Å². The molecule has 6 heteroatoms. The SMILES string of the molecule is COCCN1C(=O)S/C(=C/c2ccccc2OC)C1=O. The predicted octanol–water partition coefficient (Wildman–Crippen LogP) is 2.38. The lowest BCUT2D eigenvalue weighted by atomic mass is 10.2. The van der Waals surface area contributed by atoms with Gasteiger partial charge in [-0.15, -0.1) is 0 Å². The number of para-hydroxylation sites is 1. The highest BCUT2D eigenvalue weighted by atomic mass is 32.2. The number of imide groups is 1. The van der Waals surface area contributed by atoms with Gasteiger partial charge in [-0.2, -0.15) is 0 Å². The van der Waals surface area contributed by atoms with Crippen molar-refractivity contribution in [3.05, 3.63) is 34.7 Å². The standard InChI is InChI=1S/C14H15NO4S/c1-18-8-7-15-13(16)12(20-14(15)17)9-10-5-3-4-6-11(10)19-2/h3-6,9H,7-8H2,1-2H3/b12-9+. The lowest BCUT2D eigenvalue weighted by Crippen LogP contribution is -2.31. The number of carbonyl (C=O) groups excluding carboxylic acids is 2. The second kappa shape index (κ2) is 6.58. The molecule has 5 nitrogen and oxygen atoms in total. The summed E-state index contributed by atoms with van der Waals surface area (Å²) in [6.07, 6.45) is 1.68. The van der Waals surface area contributed by atoms with E-state index in [4.69, 9.17) is 9.47 Å². The first-order valence-corrected chi connectivity index (χ1v) is 6.86. The average Bonchev–Trinajstić information content (AvgIpc) is 2.72. The molecule has 1 aromatic rings. The van der Waals surface area contributed by atoms with Crippen LogP contribution >= 0.6 is 11.8 Å². The molecule has 0 bridgehead atoms. The molecule has 0 unspecified atom stereocenters. The number of hydrogen-bond donors (Lipinski definition) is 0. The van der Waals surface area contributed by atoms with Crippen molar-refractivity contribution in [1.82, 2.24) is 4.90 Å². The first kappa shape index (κ1) is 14.6. The number of hydrogen-bond acceptors (Lipinski definition) is 5. The molecule has 2 amide bonds. The van der Waals surface area contributed by atoms with E-state index in [-0.39, 0.29) is 17.7 Å². The van der Waals surface area contributed by atoms with Crippen molar-refractivity contribution in [2.24, 2.45) is 0 Å². The number of benzene rings is 1. The molecule has 2 rings (SSSR count). The minimum absolute atomic E-state index is 0.268. The van der Waals surface area contributed by atoms with Crippen molar-refractivity contribution in [3.8, 4) is 5.75 Å². The van der Waals surface area contributed by atoms with Gasteiger partial charge in [0.05, 0.1) is 25.2 Å². The summed E-state index contributed by atoms with van der Waals surface area (Å²) in [7, 11) is 3.10. The maximum absolute atomic E-state index is 12.1. The van der Waals surface area contributed by atoms with E-state index in [2.05, 4.69) is 0 Å². The summed E-state index contributed by atoms with van der Waals surface area (Å²) in [5.41, 5.74) is 0.771. The van der Waals surface area contributed by atoms with Crippen LogP contribution in [0, 0.1) is 0 Å². The molecular weight excluding hydrogens is 278 g/mol. The molecule has 20 heavy (non-hydrogen) atoms. The van der Waals surface area contributed by atoms with Crippen LogP contribution < -0.4 is 4.74 Å². The molecule has 1 aromatic carbocycles. The molecular formula is C14H15NO4S. The van der Waals surface area contributed by atoms with Crippen LogP contribution in [-0.2, 0) is 9.53 Å². The maximum Gasteiger partial charge on any atom is 0.293 e. The van der Waals surface area contributed by atoms with Gasteiger partial charge in [-0.05, 0) is 23.9 Å². The van der Waals surface area contributed by atoms with Gasteiger partial charge in [-0.1, -0.05) is 18.2 Å². The second-order valence-electron chi connectivity index (χ2n) is 4.07. The molecule has 0 aliphatic carbocycles. The smallest absolute Gasteiger partial charge is 0.293 e. The van der Waals surface area contributed by atoms with Crippen LogP contribution in [0.15, 0.2) is 29.2 Å². The molecule has 0 atom stereocenters. The predicted molar refractivity (Wildman–Crippen MR) is 77.5 cm³/mol. The fraction of sp³-hybridized carbons (Fsp3) is 0.286. The van der Waals surface area contributed by atoms with E-state index in [0.717, 1.165) is 17.3 Å². The van der Waals surface area contributed by atoms with Gasteiger partial charge in [0.15, 0.2) is 0 Å². The summed E-state index contributed by atoms with van der Waals surface area (Å²) < 4.78 is 10.1. The molecule has 1 saturated heterocycles. The van der Waals surface area contributed by atoms with E-state index < -0.39 is 0 Å². The molecule has 106 valence electrons. The Kier molecular flexibility index (Phi) is 4.81. The molecule has 0 saturated carbocycles. The van der Waals surface area contributed by atoms with Gasteiger partial charge in [-0.25, -0.2) is 0 Å². The number of rotatable bonds is 5. The molecule has 1 heterocycles. The molecule has 1 fully saturated rings. The van der Waals surface area contributed by atoms with Gasteiger partial charge in [-0.3, -0.25) is 14.5 Å². The van der Waals surface area contributed by atoms with Gasteiger partial charge >= 0.3 is 0 Å². The lowest BCUT2D eigenvalue weighted by molar-refractivity contribution is -0.123. The summed E-state index contributed by atoms with van der Waals surface area (Å²) >= 11 is 0.934. The van der Waals surface area contributed by atoms with Crippen molar-refractivity contribution in [1.29, 1.82) is 0 Å². The first-order valence-electron chi connectivity index (χ1n) is 6.04.